The van der Waals surface area contributed by atoms with Gasteiger partial charge in [-0.3, -0.25) is 4.79 Å². The molecule has 138 valence electrons. The number of carbonyl (C=O) groups excluding carboxylic acids is 1. The van der Waals surface area contributed by atoms with Crippen molar-refractivity contribution in [1.29, 1.82) is 0 Å². The average molecular weight is 361 g/mol. The van der Waals surface area contributed by atoms with E-state index in [0.717, 1.165) is 5.69 Å². The summed E-state index contributed by atoms with van der Waals surface area (Å²) in [7, 11) is 3.94. The third-order valence-electron chi connectivity index (χ3n) is 4.09. The summed E-state index contributed by atoms with van der Waals surface area (Å²) in [6.45, 7) is 2.71. The van der Waals surface area contributed by atoms with Crippen LogP contribution < -0.4 is 15.5 Å². The monoisotopic (exact) mass is 361 g/mol. The highest BCUT2D eigenvalue weighted by Gasteiger charge is 2.09. The Bertz CT molecular complexity index is 905. The molecule has 1 aromatic heterocycles. The van der Waals surface area contributed by atoms with E-state index >= 15 is 0 Å². The van der Waals surface area contributed by atoms with Crippen molar-refractivity contribution in [3.63, 3.8) is 0 Å². The van der Waals surface area contributed by atoms with E-state index in [1.165, 1.54) is 11.1 Å². The highest BCUT2D eigenvalue weighted by molar-refractivity contribution is 6.02. The number of hydrogen-bond acceptors (Lipinski definition) is 5. The summed E-state index contributed by atoms with van der Waals surface area (Å²) in [4.78, 5) is 14.3. The molecule has 0 bridgehead atoms. The molecule has 0 saturated heterocycles. The average Bonchev–Trinajstić information content (AvgIpc) is 2.67. The molecule has 0 atom stereocenters. The topological polar surface area (TPSA) is 70.2 Å². The Morgan fingerprint density at radius 2 is 1.78 bits per heavy atom. The van der Waals surface area contributed by atoms with Crippen LogP contribution in [-0.4, -0.2) is 30.2 Å². The van der Waals surface area contributed by atoms with E-state index in [0.29, 0.717) is 18.1 Å². The Balaban J connectivity index is 1.58. The summed E-state index contributed by atoms with van der Waals surface area (Å²) < 4.78 is 0. The first-order valence-corrected chi connectivity index (χ1v) is 8.73. The molecule has 3 aromatic rings. The quantitative estimate of drug-likeness (QED) is 0.700. The summed E-state index contributed by atoms with van der Waals surface area (Å²) in [6.07, 6.45) is 0. The Morgan fingerprint density at radius 1 is 1.00 bits per heavy atom. The van der Waals surface area contributed by atoms with Crippen molar-refractivity contribution in [3.05, 3.63) is 77.5 Å². The van der Waals surface area contributed by atoms with Crippen molar-refractivity contribution in [2.45, 2.75) is 13.5 Å². The van der Waals surface area contributed by atoms with Gasteiger partial charge in [-0.05, 0) is 48.9 Å². The molecule has 27 heavy (non-hydrogen) atoms. The van der Waals surface area contributed by atoms with Gasteiger partial charge in [0.25, 0.3) is 5.91 Å². The summed E-state index contributed by atoms with van der Waals surface area (Å²) >= 11 is 0. The summed E-state index contributed by atoms with van der Waals surface area (Å²) in [5.74, 6) is 0.341. The fourth-order valence-electron chi connectivity index (χ4n) is 2.60. The molecule has 3 rings (SSSR count). The van der Waals surface area contributed by atoms with Crippen LogP contribution in [-0.2, 0) is 6.54 Å². The predicted molar refractivity (Wildman–Crippen MR) is 109 cm³/mol. The first-order chi connectivity index (χ1) is 13.0. The van der Waals surface area contributed by atoms with E-state index in [1.807, 2.05) is 49.3 Å². The predicted octanol–water partition coefficient (Wildman–Crippen LogP) is 3.72. The van der Waals surface area contributed by atoms with Gasteiger partial charge in [0.1, 0.15) is 5.82 Å². The fourth-order valence-corrected chi connectivity index (χ4v) is 2.60. The van der Waals surface area contributed by atoms with Crippen LogP contribution in [0.3, 0.4) is 0 Å². The molecule has 0 saturated carbocycles. The lowest BCUT2D eigenvalue weighted by Crippen LogP contribution is -2.15. The molecule has 2 N–H and O–H groups in total. The van der Waals surface area contributed by atoms with Crippen LogP contribution in [0.15, 0.2) is 60.7 Å². The molecular formula is C21H23N5O. The second kappa shape index (κ2) is 8.31. The number of nitrogens with zero attached hydrogens (tertiary/aromatic N) is 3. The number of carbonyl (C=O) groups is 1. The smallest absolute Gasteiger partial charge is 0.276 e. The molecule has 6 heteroatoms. The van der Waals surface area contributed by atoms with Gasteiger partial charge in [0, 0.05) is 32.0 Å². The van der Waals surface area contributed by atoms with Crippen LogP contribution in [0, 0.1) is 6.92 Å². The third-order valence-corrected chi connectivity index (χ3v) is 4.09. The summed E-state index contributed by atoms with van der Waals surface area (Å²) in [5, 5.41) is 14.1. The van der Waals surface area contributed by atoms with Crippen molar-refractivity contribution < 1.29 is 4.79 Å². The van der Waals surface area contributed by atoms with Crippen molar-refractivity contribution in [3.8, 4) is 0 Å². The van der Waals surface area contributed by atoms with Crippen LogP contribution >= 0.6 is 0 Å². The molecule has 2 aromatic carbocycles. The molecule has 0 radical (unpaired) electrons. The molecule has 0 aliphatic carbocycles. The van der Waals surface area contributed by atoms with Gasteiger partial charge in [-0.15, -0.1) is 10.2 Å². The van der Waals surface area contributed by atoms with E-state index in [9.17, 15) is 4.79 Å². The van der Waals surface area contributed by atoms with Crippen molar-refractivity contribution in [1.82, 2.24) is 10.2 Å². The van der Waals surface area contributed by atoms with Crippen molar-refractivity contribution in [2.24, 2.45) is 0 Å². The number of aromatic nitrogens is 2. The first-order valence-electron chi connectivity index (χ1n) is 8.73. The van der Waals surface area contributed by atoms with Gasteiger partial charge in [-0.1, -0.05) is 29.8 Å². The molecule has 0 spiro atoms. The lowest BCUT2D eigenvalue weighted by atomic mass is 10.1. The largest absolute Gasteiger partial charge is 0.378 e. The van der Waals surface area contributed by atoms with Crippen molar-refractivity contribution in [2.75, 3.05) is 29.6 Å². The van der Waals surface area contributed by atoms with E-state index in [2.05, 4.69) is 46.0 Å². The van der Waals surface area contributed by atoms with Crippen molar-refractivity contribution >= 4 is 23.1 Å². The van der Waals surface area contributed by atoms with E-state index in [1.54, 1.807) is 12.1 Å². The fraction of sp³-hybridized carbons (Fsp3) is 0.190. The standard InChI is InChI=1S/C21H23N5O/c1-15-5-4-6-16(13-15)14-22-20-12-11-19(24-25-20)21(27)23-17-7-9-18(10-8-17)26(2)3/h4-13H,14H2,1-3H3,(H,22,25)(H,23,27). The number of rotatable bonds is 6. The molecule has 0 fully saturated rings. The minimum absolute atomic E-state index is 0.271. The zero-order valence-electron chi connectivity index (χ0n) is 15.7. The second-order valence-corrected chi connectivity index (χ2v) is 6.54. The lowest BCUT2D eigenvalue weighted by Gasteiger charge is -2.13. The van der Waals surface area contributed by atoms with Crippen LogP contribution in [0.4, 0.5) is 17.2 Å². The zero-order valence-corrected chi connectivity index (χ0v) is 15.7. The van der Waals surface area contributed by atoms with Crippen LogP contribution in [0.2, 0.25) is 0 Å². The van der Waals surface area contributed by atoms with Gasteiger partial charge in [0.15, 0.2) is 5.69 Å². The highest BCUT2D eigenvalue weighted by atomic mass is 16.1. The maximum atomic E-state index is 12.3. The Kier molecular flexibility index (Phi) is 5.66. The van der Waals surface area contributed by atoms with E-state index < -0.39 is 0 Å². The number of aryl methyl sites for hydroxylation is 1. The van der Waals surface area contributed by atoms with Gasteiger partial charge in [0.2, 0.25) is 0 Å². The molecule has 0 aliphatic heterocycles. The number of nitrogens with one attached hydrogen (secondary N) is 2. The second-order valence-electron chi connectivity index (χ2n) is 6.54. The molecular weight excluding hydrogens is 338 g/mol. The third kappa shape index (κ3) is 5.04. The number of benzene rings is 2. The molecule has 1 amide bonds. The van der Waals surface area contributed by atoms with Gasteiger partial charge in [0.05, 0.1) is 0 Å². The Labute approximate surface area is 159 Å². The normalized spacial score (nSPS) is 10.3. The van der Waals surface area contributed by atoms with E-state index in [-0.39, 0.29) is 11.6 Å². The highest BCUT2D eigenvalue weighted by Crippen LogP contribution is 2.16. The molecule has 6 nitrogen and oxygen atoms in total. The van der Waals surface area contributed by atoms with E-state index in [4.69, 9.17) is 0 Å². The van der Waals surface area contributed by atoms with Gasteiger partial charge >= 0.3 is 0 Å². The van der Waals surface area contributed by atoms with Crippen LogP contribution in [0.25, 0.3) is 0 Å². The Morgan fingerprint density at radius 3 is 2.41 bits per heavy atom. The SMILES string of the molecule is Cc1cccc(CNc2ccc(C(=O)Nc3ccc(N(C)C)cc3)nn2)c1. The zero-order chi connectivity index (χ0) is 19.2. The molecule has 1 heterocycles. The number of anilines is 3. The minimum Gasteiger partial charge on any atom is -0.378 e. The molecule has 0 unspecified atom stereocenters. The lowest BCUT2D eigenvalue weighted by molar-refractivity contribution is 0.102. The maximum Gasteiger partial charge on any atom is 0.276 e. The van der Waals surface area contributed by atoms with Gasteiger partial charge in [-0.2, -0.15) is 0 Å². The van der Waals surface area contributed by atoms with Crippen LogP contribution in [0.5, 0.6) is 0 Å². The first kappa shape index (κ1) is 18.4. The number of amides is 1. The maximum absolute atomic E-state index is 12.3. The minimum atomic E-state index is -0.287. The van der Waals surface area contributed by atoms with Gasteiger partial charge < -0.3 is 15.5 Å². The Hall–Kier alpha value is -3.41. The van der Waals surface area contributed by atoms with Gasteiger partial charge in [-0.25, -0.2) is 0 Å². The van der Waals surface area contributed by atoms with Crippen LogP contribution in [0.1, 0.15) is 21.6 Å². The summed E-state index contributed by atoms with van der Waals surface area (Å²) in [5.41, 5.74) is 4.43. The molecule has 0 aliphatic rings. The number of hydrogen-bond donors (Lipinski definition) is 2. The summed E-state index contributed by atoms with van der Waals surface area (Å²) in [6, 6.07) is 19.3.